The van der Waals surface area contributed by atoms with Crippen LogP contribution in [0.15, 0.2) is 35.1 Å². The van der Waals surface area contributed by atoms with E-state index < -0.39 is 0 Å². The fourth-order valence-electron chi connectivity index (χ4n) is 2.21. The fourth-order valence-corrected chi connectivity index (χ4v) is 2.21. The van der Waals surface area contributed by atoms with Crippen LogP contribution in [0.2, 0.25) is 0 Å². The molecule has 0 fully saturated rings. The first kappa shape index (κ1) is 13.3. The Kier molecular flexibility index (Phi) is 3.39. The van der Waals surface area contributed by atoms with Crippen molar-refractivity contribution in [2.75, 3.05) is 13.7 Å². The largest absolute Gasteiger partial charge is 0.497 e. The number of amidine groups is 1. The molecule has 2 aliphatic rings. The summed E-state index contributed by atoms with van der Waals surface area (Å²) in [5.41, 5.74) is 1.62. The predicted molar refractivity (Wildman–Crippen MR) is 77.4 cm³/mol. The lowest BCUT2D eigenvalue weighted by Crippen LogP contribution is -2.45. The van der Waals surface area contributed by atoms with E-state index in [4.69, 9.17) is 9.47 Å². The Hall–Kier alpha value is -2.70. The van der Waals surface area contributed by atoms with Crippen LogP contribution in [0.5, 0.6) is 11.5 Å². The van der Waals surface area contributed by atoms with Crippen LogP contribution in [0.25, 0.3) is 0 Å². The Morgan fingerprint density at radius 3 is 3.00 bits per heavy atom. The molecule has 1 aromatic rings. The highest BCUT2D eigenvalue weighted by Gasteiger charge is 2.29. The van der Waals surface area contributed by atoms with Crippen molar-refractivity contribution in [3.8, 4) is 11.5 Å². The Bertz CT molecular complexity index is 639. The first-order valence-electron chi connectivity index (χ1n) is 6.64. The number of benzene rings is 1. The van der Waals surface area contributed by atoms with Crippen LogP contribution < -0.4 is 25.4 Å². The topological polar surface area (TPSA) is 84.0 Å². The molecule has 7 nitrogen and oxygen atoms in total. The van der Waals surface area contributed by atoms with Crippen LogP contribution in [0.1, 0.15) is 12.5 Å². The first-order chi connectivity index (χ1) is 10.2. The van der Waals surface area contributed by atoms with Crippen molar-refractivity contribution in [3.63, 3.8) is 0 Å². The van der Waals surface area contributed by atoms with Gasteiger partial charge >= 0.3 is 6.03 Å². The summed E-state index contributed by atoms with van der Waals surface area (Å²) < 4.78 is 10.9. The van der Waals surface area contributed by atoms with Gasteiger partial charge in [0.15, 0.2) is 6.17 Å². The van der Waals surface area contributed by atoms with Gasteiger partial charge in [-0.25, -0.2) is 9.79 Å². The van der Waals surface area contributed by atoms with Crippen LogP contribution in [-0.4, -0.2) is 31.7 Å². The van der Waals surface area contributed by atoms with Gasteiger partial charge in [-0.15, -0.1) is 0 Å². The molecule has 0 radical (unpaired) electrons. The second kappa shape index (κ2) is 5.35. The number of hydrogen-bond donors (Lipinski definition) is 3. The van der Waals surface area contributed by atoms with Crippen molar-refractivity contribution in [1.29, 1.82) is 0 Å². The number of ether oxygens (including phenoxy) is 2. The van der Waals surface area contributed by atoms with Gasteiger partial charge in [-0.05, 0) is 19.1 Å². The standard InChI is InChI=1S/C14H16N4O3/c1-3-21-11-6-8(20-2)4-5-9(11)12-16-10-7-15-14(19)18-13(10)17-12/h4-7,13H,3H2,1-2H3,(H,16,17)(H2,15,18,19). The summed E-state index contributed by atoms with van der Waals surface area (Å²) in [5.74, 6) is 2.05. The Morgan fingerprint density at radius 1 is 1.38 bits per heavy atom. The molecular weight excluding hydrogens is 272 g/mol. The van der Waals surface area contributed by atoms with Gasteiger partial charge in [0.05, 0.1) is 25.0 Å². The zero-order valence-corrected chi connectivity index (χ0v) is 11.8. The Morgan fingerprint density at radius 2 is 2.24 bits per heavy atom. The lowest BCUT2D eigenvalue weighted by Gasteiger charge is -2.16. The average molecular weight is 288 g/mol. The number of methoxy groups -OCH3 is 1. The molecule has 21 heavy (non-hydrogen) atoms. The van der Waals surface area contributed by atoms with Gasteiger partial charge in [0.25, 0.3) is 0 Å². The number of urea groups is 1. The third-order valence-electron chi connectivity index (χ3n) is 3.19. The van der Waals surface area contributed by atoms with E-state index >= 15 is 0 Å². The van der Waals surface area contributed by atoms with Gasteiger partial charge < -0.3 is 25.4 Å². The lowest BCUT2D eigenvalue weighted by molar-refractivity contribution is 0.240. The molecule has 0 saturated heterocycles. The Balaban J connectivity index is 1.94. The molecule has 1 atom stereocenters. The number of amides is 2. The molecular formula is C14H16N4O3. The Labute approximate surface area is 122 Å². The monoisotopic (exact) mass is 288 g/mol. The summed E-state index contributed by atoms with van der Waals surface area (Å²) in [6, 6.07) is 5.27. The number of hydrogen-bond acceptors (Lipinski definition) is 5. The van der Waals surface area contributed by atoms with E-state index in [-0.39, 0.29) is 12.2 Å². The highest BCUT2D eigenvalue weighted by atomic mass is 16.5. The third kappa shape index (κ3) is 2.49. The molecule has 0 aliphatic carbocycles. The zero-order chi connectivity index (χ0) is 14.8. The predicted octanol–water partition coefficient (Wildman–Crippen LogP) is 0.924. The minimum absolute atomic E-state index is 0.268. The van der Waals surface area contributed by atoms with Gasteiger partial charge in [0, 0.05) is 12.3 Å². The molecule has 110 valence electrons. The zero-order valence-electron chi connectivity index (χ0n) is 11.8. The van der Waals surface area contributed by atoms with E-state index in [0.29, 0.717) is 23.9 Å². The van der Waals surface area contributed by atoms with Crippen LogP contribution in [0, 0.1) is 0 Å². The molecule has 0 saturated carbocycles. The maximum atomic E-state index is 11.3. The highest BCUT2D eigenvalue weighted by molar-refractivity contribution is 6.04. The SMILES string of the molecule is CCOc1cc(OC)ccc1C1=NC2NC(=O)NC=C2N1. The van der Waals surface area contributed by atoms with Crippen molar-refractivity contribution in [2.45, 2.75) is 13.1 Å². The molecule has 0 spiro atoms. The molecule has 1 aromatic carbocycles. The quantitative estimate of drug-likeness (QED) is 0.769. The number of aliphatic imine (C=N–C) groups is 1. The number of rotatable bonds is 4. The van der Waals surface area contributed by atoms with Gasteiger partial charge in [-0.1, -0.05) is 0 Å². The van der Waals surface area contributed by atoms with E-state index in [1.165, 1.54) is 0 Å². The van der Waals surface area contributed by atoms with E-state index in [1.54, 1.807) is 13.3 Å². The van der Waals surface area contributed by atoms with Gasteiger partial charge in [-0.3, -0.25) is 0 Å². The smallest absolute Gasteiger partial charge is 0.320 e. The van der Waals surface area contributed by atoms with Crippen LogP contribution in [0.4, 0.5) is 4.79 Å². The van der Waals surface area contributed by atoms with Crippen LogP contribution >= 0.6 is 0 Å². The third-order valence-corrected chi connectivity index (χ3v) is 3.19. The number of nitrogens with zero attached hydrogens (tertiary/aromatic N) is 1. The van der Waals surface area contributed by atoms with Gasteiger partial charge in [0.1, 0.15) is 17.3 Å². The number of nitrogens with one attached hydrogen (secondary N) is 3. The highest BCUT2D eigenvalue weighted by Crippen LogP contribution is 2.27. The van der Waals surface area contributed by atoms with Crippen LogP contribution in [-0.2, 0) is 0 Å². The fraction of sp³-hybridized carbons (Fsp3) is 0.286. The second-order valence-corrected chi connectivity index (χ2v) is 4.52. The lowest BCUT2D eigenvalue weighted by atomic mass is 10.1. The summed E-state index contributed by atoms with van der Waals surface area (Å²) in [6.45, 7) is 2.46. The van der Waals surface area contributed by atoms with E-state index in [0.717, 1.165) is 11.3 Å². The maximum absolute atomic E-state index is 11.3. The molecule has 7 heteroatoms. The summed E-state index contributed by atoms with van der Waals surface area (Å²) in [6.07, 6.45) is 1.23. The molecule has 0 aromatic heterocycles. The van der Waals surface area contributed by atoms with Crippen molar-refractivity contribution in [1.82, 2.24) is 16.0 Å². The van der Waals surface area contributed by atoms with Crippen molar-refractivity contribution in [3.05, 3.63) is 35.7 Å². The molecule has 3 rings (SSSR count). The first-order valence-corrected chi connectivity index (χ1v) is 6.64. The van der Waals surface area contributed by atoms with E-state index in [9.17, 15) is 4.79 Å². The summed E-state index contributed by atoms with van der Waals surface area (Å²) in [7, 11) is 1.61. The average Bonchev–Trinajstić information content (AvgIpc) is 2.90. The van der Waals surface area contributed by atoms with Crippen molar-refractivity contribution in [2.24, 2.45) is 4.99 Å². The van der Waals surface area contributed by atoms with Crippen molar-refractivity contribution < 1.29 is 14.3 Å². The van der Waals surface area contributed by atoms with Gasteiger partial charge in [-0.2, -0.15) is 0 Å². The summed E-state index contributed by atoms with van der Waals surface area (Å²) in [4.78, 5) is 15.8. The normalized spacial score (nSPS) is 19.5. The molecule has 2 heterocycles. The molecule has 1 unspecified atom stereocenters. The minimum Gasteiger partial charge on any atom is -0.497 e. The van der Waals surface area contributed by atoms with Crippen LogP contribution in [0.3, 0.4) is 0 Å². The number of carbonyl (C=O) groups excluding carboxylic acids is 1. The maximum Gasteiger partial charge on any atom is 0.320 e. The summed E-state index contributed by atoms with van der Waals surface area (Å²) in [5, 5.41) is 8.48. The van der Waals surface area contributed by atoms with Gasteiger partial charge in [0.2, 0.25) is 0 Å². The van der Waals surface area contributed by atoms with E-state index in [2.05, 4.69) is 20.9 Å². The summed E-state index contributed by atoms with van der Waals surface area (Å²) >= 11 is 0. The molecule has 2 aliphatic heterocycles. The molecule has 2 amide bonds. The molecule has 3 N–H and O–H groups in total. The van der Waals surface area contributed by atoms with E-state index in [1.807, 2.05) is 25.1 Å². The van der Waals surface area contributed by atoms with Crippen molar-refractivity contribution >= 4 is 11.9 Å². The molecule has 0 bridgehead atoms. The second-order valence-electron chi connectivity index (χ2n) is 4.52. The number of fused-ring (bicyclic) bond motifs is 1. The minimum atomic E-state index is -0.384. The number of carbonyl (C=O) groups is 1.